The van der Waals surface area contributed by atoms with Gasteiger partial charge in [0.2, 0.25) is 5.91 Å². The zero-order valence-electron chi connectivity index (χ0n) is 24.4. The summed E-state index contributed by atoms with van der Waals surface area (Å²) in [7, 11) is 0. The summed E-state index contributed by atoms with van der Waals surface area (Å²) in [5.74, 6) is -1.36. The molecule has 1 saturated heterocycles. The molecule has 2 heterocycles. The van der Waals surface area contributed by atoms with Crippen molar-refractivity contribution in [3.8, 4) is 17.1 Å². The van der Waals surface area contributed by atoms with E-state index in [1.54, 1.807) is 18.2 Å². The highest BCUT2D eigenvalue weighted by Crippen LogP contribution is 2.33. The normalized spacial score (nSPS) is 14.2. The van der Waals surface area contributed by atoms with E-state index in [0.29, 0.717) is 23.4 Å². The molecule has 0 atom stereocenters. The van der Waals surface area contributed by atoms with E-state index >= 15 is 4.39 Å². The van der Waals surface area contributed by atoms with Crippen LogP contribution in [0.15, 0.2) is 96.2 Å². The Labute approximate surface area is 269 Å². The second-order valence-corrected chi connectivity index (χ2v) is 11.5. The Kier molecular flexibility index (Phi) is 8.60. The maximum atomic E-state index is 15.1. The molecule has 5 aromatic rings. The largest absolute Gasteiger partial charge is 0.416 e. The number of nitrogens with one attached hydrogen (secondary N) is 1. The third-order valence-corrected chi connectivity index (χ3v) is 8.07. The molecule has 0 bridgehead atoms. The van der Waals surface area contributed by atoms with Gasteiger partial charge in [-0.1, -0.05) is 36.0 Å². The number of thioether (sulfide) groups is 1. The van der Waals surface area contributed by atoms with Gasteiger partial charge in [0.25, 0.3) is 0 Å². The lowest BCUT2D eigenvalue weighted by Crippen LogP contribution is -2.31. The quantitative estimate of drug-likeness (QED) is 0.188. The van der Waals surface area contributed by atoms with E-state index in [0.717, 1.165) is 41.1 Å². The molecule has 8 nitrogen and oxygen atoms in total. The van der Waals surface area contributed by atoms with Gasteiger partial charge in [0.05, 0.1) is 28.4 Å². The molecular formula is C33H23F5N6O2S. The number of carbonyl (C=O) groups is 2. The Bertz CT molecular complexity index is 2030. The van der Waals surface area contributed by atoms with Gasteiger partial charge in [0, 0.05) is 5.56 Å². The van der Waals surface area contributed by atoms with Crippen LogP contribution in [0.25, 0.3) is 17.1 Å². The van der Waals surface area contributed by atoms with Gasteiger partial charge < -0.3 is 5.32 Å². The van der Waals surface area contributed by atoms with Crippen molar-refractivity contribution in [2.75, 3.05) is 16.0 Å². The fourth-order valence-corrected chi connectivity index (χ4v) is 5.75. The van der Waals surface area contributed by atoms with Crippen LogP contribution in [0.2, 0.25) is 0 Å². The van der Waals surface area contributed by atoms with Crippen LogP contribution < -0.4 is 10.2 Å². The van der Waals surface area contributed by atoms with E-state index in [1.807, 2.05) is 19.1 Å². The van der Waals surface area contributed by atoms with Crippen molar-refractivity contribution in [3.63, 3.8) is 0 Å². The molecule has 0 unspecified atom stereocenters. The number of aliphatic imine (C=N–C) groups is 1. The summed E-state index contributed by atoms with van der Waals surface area (Å²) < 4.78 is 68.8. The number of carbonyl (C=O) groups excluding carboxylic acids is 2. The van der Waals surface area contributed by atoms with E-state index in [2.05, 4.69) is 20.4 Å². The van der Waals surface area contributed by atoms with Crippen molar-refractivity contribution >= 4 is 40.2 Å². The highest BCUT2D eigenvalue weighted by Gasteiger charge is 2.32. The molecule has 47 heavy (non-hydrogen) atoms. The van der Waals surface area contributed by atoms with Gasteiger partial charge in [-0.15, -0.1) is 5.10 Å². The van der Waals surface area contributed by atoms with Crippen molar-refractivity contribution in [1.29, 1.82) is 0 Å². The number of hydrogen-bond donors (Lipinski definition) is 1. The van der Waals surface area contributed by atoms with Crippen LogP contribution in [0.5, 0.6) is 0 Å². The smallest absolute Gasteiger partial charge is 0.303 e. The van der Waals surface area contributed by atoms with E-state index in [-0.39, 0.29) is 39.7 Å². The first-order valence-electron chi connectivity index (χ1n) is 14.0. The Hall–Kier alpha value is -5.37. The van der Waals surface area contributed by atoms with Gasteiger partial charge >= 0.3 is 12.2 Å². The molecule has 1 N–H and O–H groups in total. The predicted octanol–water partition coefficient (Wildman–Crippen LogP) is 7.80. The number of amides is 3. The number of halogens is 5. The minimum absolute atomic E-state index is 0.0363. The van der Waals surface area contributed by atoms with Gasteiger partial charge in [-0.3, -0.25) is 9.69 Å². The van der Waals surface area contributed by atoms with Gasteiger partial charge in [-0.25, -0.2) is 23.2 Å². The third-order valence-electron chi connectivity index (χ3n) is 7.15. The zero-order chi connectivity index (χ0) is 33.3. The molecule has 1 aromatic heterocycles. The van der Waals surface area contributed by atoms with Crippen molar-refractivity contribution in [2.45, 2.75) is 19.5 Å². The summed E-state index contributed by atoms with van der Waals surface area (Å²) in [6.07, 6.45) is -2.86. The van der Waals surface area contributed by atoms with Crippen molar-refractivity contribution < 1.29 is 31.5 Å². The molecule has 238 valence electrons. The van der Waals surface area contributed by atoms with E-state index in [9.17, 15) is 27.2 Å². The number of aromatic nitrogens is 3. The van der Waals surface area contributed by atoms with Crippen LogP contribution >= 0.6 is 11.8 Å². The van der Waals surface area contributed by atoms with Crippen LogP contribution in [0, 0.1) is 18.6 Å². The number of aryl methyl sites for hydroxylation is 1. The Morgan fingerprint density at radius 2 is 1.79 bits per heavy atom. The molecule has 4 aromatic carbocycles. The topological polar surface area (TPSA) is 92.5 Å². The lowest BCUT2D eigenvalue weighted by molar-refractivity contribution is -0.137. The second kappa shape index (κ2) is 12.8. The van der Waals surface area contributed by atoms with E-state index in [4.69, 9.17) is 0 Å². The summed E-state index contributed by atoms with van der Waals surface area (Å²) in [6, 6.07) is 18.9. The van der Waals surface area contributed by atoms with Crippen molar-refractivity contribution in [3.05, 3.63) is 125 Å². The Morgan fingerprint density at radius 1 is 1.00 bits per heavy atom. The van der Waals surface area contributed by atoms with E-state index in [1.165, 1.54) is 52.3 Å². The standard InChI is InChI=1S/C33H23F5N6O2S/c1-19-5-6-21(14-20-3-2-4-24(34)15-20)28(13-19)44-29(45)17-47-32(44)41-31(46)40-27-12-7-22(16-26(27)35)30-39-18-43(42-30)25-10-8-23(9-11-25)33(36,37)38/h2-13,15-16,18H,14,17H2,1H3,(H,40,46). The number of amidine groups is 1. The Morgan fingerprint density at radius 3 is 2.51 bits per heavy atom. The maximum absolute atomic E-state index is 15.1. The third kappa shape index (κ3) is 7.07. The second-order valence-electron chi connectivity index (χ2n) is 10.5. The van der Waals surface area contributed by atoms with Gasteiger partial charge in [-0.2, -0.15) is 18.2 Å². The van der Waals surface area contributed by atoms with Crippen LogP contribution in [0.3, 0.4) is 0 Å². The minimum Gasteiger partial charge on any atom is -0.303 e. The summed E-state index contributed by atoms with van der Waals surface area (Å²) in [5, 5.41) is 6.72. The van der Waals surface area contributed by atoms with E-state index < -0.39 is 23.6 Å². The lowest BCUT2D eigenvalue weighted by atomic mass is 10.0. The number of alkyl halides is 3. The van der Waals surface area contributed by atoms with Crippen LogP contribution in [0.1, 0.15) is 22.3 Å². The molecule has 3 amide bonds. The molecule has 1 fully saturated rings. The Balaban J connectivity index is 1.19. The highest BCUT2D eigenvalue weighted by atomic mass is 32.2. The summed E-state index contributed by atoms with van der Waals surface area (Å²) >= 11 is 1.06. The number of hydrogen-bond acceptors (Lipinski definition) is 5. The number of rotatable bonds is 6. The molecule has 14 heteroatoms. The van der Waals surface area contributed by atoms with Gasteiger partial charge in [-0.05, 0) is 90.7 Å². The molecule has 0 aliphatic carbocycles. The number of anilines is 2. The minimum atomic E-state index is -4.48. The fourth-order valence-electron chi connectivity index (χ4n) is 4.89. The number of nitrogens with zero attached hydrogens (tertiary/aromatic N) is 5. The van der Waals surface area contributed by atoms with Crippen LogP contribution in [-0.4, -0.2) is 37.6 Å². The zero-order valence-corrected chi connectivity index (χ0v) is 25.2. The monoisotopic (exact) mass is 662 g/mol. The molecule has 0 radical (unpaired) electrons. The summed E-state index contributed by atoms with van der Waals surface area (Å²) in [6.45, 7) is 1.85. The average Bonchev–Trinajstić information content (AvgIpc) is 3.66. The van der Waals surface area contributed by atoms with Gasteiger partial charge in [0.1, 0.15) is 18.0 Å². The van der Waals surface area contributed by atoms with Crippen LogP contribution in [-0.2, 0) is 17.4 Å². The summed E-state index contributed by atoms with van der Waals surface area (Å²) in [5.41, 5.74) is 2.38. The van der Waals surface area contributed by atoms with Crippen molar-refractivity contribution in [1.82, 2.24) is 14.8 Å². The first-order valence-corrected chi connectivity index (χ1v) is 15.0. The molecular weight excluding hydrogens is 639 g/mol. The highest BCUT2D eigenvalue weighted by molar-refractivity contribution is 8.15. The first kappa shape index (κ1) is 31.6. The molecule has 6 rings (SSSR count). The molecule has 0 spiro atoms. The fraction of sp³-hybridized carbons (Fsp3) is 0.121. The lowest BCUT2D eigenvalue weighted by Gasteiger charge is -2.20. The predicted molar refractivity (Wildman–Crippen MR) is 169 cm³/mol. The van der Waals surface area contributed by atoms with Crippen LogP contribution in [0.4, 0.5) is 38.1 Å². The number of urea groups is 1. The number of benzene rings is 4. The molecule has 0 saturated carbocycles. The SMILES string of the molecule is Cc1ccc(Cc2cccc(F)c2)c(N2C(=O)CSC2=NC(=O)Nc2ccc(-c3ncn(-c4ccc(C(F)(F)F)cc4)n3)cc2F)c1. The summed E-state index contributed by atoms with van der Waals surface area (Å²) in [4.78, 5) is 35.4. The maximum Gasteiger partial charge on any atom is 0.416 e. The van der Waals surface area contributed by atoms with Crippen molar-refractivity contribution in [2.24, 2.45) is 4.99 Å². The first-order chi connectivity index (χ1) is 22.4. The average molecular weight is 663 g/mol. The van der Waals surface area contributed by atoms with Gasteiger partial charge in [0.15, 0.2) is 11.0 Å². The molecule has 1 aliphatic heterocycles. The molecule has 1 aliphatic rings.